The maximum absolute atomic E-state index is 13.3. The number of amides is 3. The summed E-state index contributed by atoms with van der Waals surface area (Å²) >= 11 is 0. The minimum absolute atomic E-state index is 0.0562. The lowest BCUT2D eigenvalue weighted by Crippen LogP contribution is -2.34. The van der Waals surface area contributed by atoms with E-state index in [1.54, 1.807) is 42.5 Å². The molecule has 3 aromatic rings. The predicted molar refractivity (Wildman–Crippen MR) is 122 cm³/mol. The lowest BCUT2D eigenvalue weighted by Gasteiger charge is -2.22. The van der Waals surface area contributed by atoms with Gasteiger partial charge in [0.15, 0.2) is 0 Å². The van der Waals surface area contributed by atoms with Crippen LogP contribution in [0.15, 0.2) is 72.8 Å². The van der Waals surface area contributed by atoms with Crippen molar-refractivity contribution in [2.75, 3.05) is 25.0 Å². The van der Waals surface area contributed by atoms with Crippen molar-refractivity contribution in [3.63, 3.8) is 0 Å². The van der Waals surface area contributed by atoms with E-state index in [9.17, 15) is 14.4 Å². The molecular weight excluding hydrogens is 402 g/mol. The zero-order valence-corrected chi connectivity index (χ0v) is 17.8. The minimum Gasteiger partial charge on any atom is -0.373 e. The SMILES string of the molecule is CN1CCN(C(=O)c2cccc(CN3C(=O)c4ccccc4C3=O)c2)Cc2ccccc21. The summed E-state index contributed by atoms with van der Waals surface area (Å²) < 4.78 is 0. The van der Waals surface area contributed by atoms with Crippen LogP contribution >= 0.6 is 0 Å². The molecule has 5 rings (SSSR count). The average molecular weight is 425 g/mol. The third kappa shape index (κ3) is 3.43. The van der Waals surface area contributed by atoms with E-state index in [-0.39, 0.29) is 24.3 Å². The first-order chi connectivity index (χ1) is 15.5. The molecule has 32 heavy (non-hydrogen) atoms. The molecular formula is C26H23N3O3. The summed E-state index contributed by atoms with van der Waals surface area (Å²) in [4.78, 5) is 44.0. The monoisotopic (exact) mass is 425 g/mol. The number of carbonyl (C=O) groups is 3. The Morgan fingerprint density at radius 3 is 2.28 bits per heavy atom. The van der Waals surface area contributed by atoms with Crippen LogP contribution < -0.4 is 4.90 Å². The second-order valence-electron chi connectivity index (χ2n) is 8.22. The molecule has 0 saturated carbocycles. The molecule has 2 heterocycles. The van der Waals surface area contributed by atoms with Crippen molar-refractivity contribution in [2.45, 2.75) is 13.1 Å². The van der Waals surface area contributed by atoms with Crippen LogP contribution in [0.5, 0.6) is 0 Å². The maximum Gasteiger partial charge on any atom is 0.261 e. The van der Waals surface area contributed by atoms with E-state index < -0.39 is 0 Å². The number of hydrogen-bond donors (Lipinski definition) is 0. The first-order valence-corrected chi connectivity index (χ1v) is 10.7. The number of anilines is 1. The smallest absolute Gasteiger partial charge is 0.261 e. The van der Waals surface area contributed by atoms with Gasteiger partial charge < -0.3 is 9.80 Å². The number of benzene rings is 3. The Morgan fingerprint density at radius 2 is 1.53 bits per heavy atom. The summed E-state index contributed by atoms with van der Waals surface area (Å²) in [7, 11) is 2.04. The highest BCUT2D eigenvalue weighted by Crippen LogP contribution is 2.26. The van der Waals surface area contributed by atoms with Crippen molar-refractivity contribution in [1.29, 1.82) is 0 Å². The molecule has 0 aliphatic carbocycles. The van der Waals surface area contributed by atoms with Crippen LogP contribution in [0.1, 0.15) is 42.2 Å². The Balaban J connectivity index is 1.36. The van der Waals surface area contributed by atoms with Gasteiger partial charge in [-0.1, -0.05) is 42.5 Å². The Labute approximate surface area is 186 Å². The number of hydrogen-bond acceptors (Lipinski definition) is 4. The van der Waals surface area contributed by atoms with Crippen molar-refractivity contribution in [3.8, 4) is 0 Å². The number of fused-ring (bicyclic) bond motifs is 2. The molecule has 0 aromatic heterocycles. The summed E-state index contributed by atoms with van der Waals surface area (Å²) in [6.45, 7) is 2.05. The quantitative estimate of drug-likeness (QED) is 0.602. The number of imide groups is 1. The number of carbonyl (C=O) groups excluding carboxylic acids is 3. The molecule has 2 aliphatic heterocycles. The lowest BCUT2D eigenvalue weighted by molar-refractivity contribution is 0.0642. The van der Waals surface area contributed by atoms with E-state index in [0.29, 0.717) is 29.8 Å². The molecule has 0 N–H and O–H groups in total. The molecule has 160 valence electrons. The topological polar surface area (TPSA) is 60.9 Å². The van der Waals surface area contributed by atoms with E-state index in [4.69, 9.17) is 0 Å². The number of likely N-dealkylation sites (N-methyl/N-ethyl adjacent to an activating group) is 1. The molecule has 0 atom stereocenters. The number of nitrogens with zero attached hydrogens (tertiary/aromatic N) is 3. The van der Waals surface area contributed by atoms with E-state index in [2.05, 4.69) is 17.0 Å². The standard InChI is InChI=1S/C26H23N3O3/c1-27-13-14-28(17-20-8-2-5-12-23(20)27)24(30)19-9-6-7-18(15-19)16-29-25(31)21-10-3-4-11-22(21)26(29)32/h2-12,15H,13-14,16-17H2,1H3. The zero-order valence-electron chi connectivity index (χ0n) is 17.8. The van der Waals surface area contributed by atoms with Crippen molar-refractivity contribution in [1.82, 2.24) is 9.80 Å². The van der Waals surface area contributed by atoms with Gasteiger partial charge >= 0.3 is 0 Å². The largest absolute Gasteiger partial charge is 0.373 e. The molecule has 6 heteroatoms. The molecule has 2 aliphatic rings. The third-order valence-corrected chi connectivity index (χ3v) is 6.15. The Kier molecular flexibility index (Phi) is 4.98. The molecule has 0 saturated heterocycles. The van der Waals surface area contributed by atoms with Crippen LogP contribution in [0.4, 0.5) is 5.69 Å². The minimum atomic E-state index is -0.297. The first-order valence-electron chi connectivity index (χ1n) is 10.7. The van der Waals surface area contributed by atoms with Crippen molar-refractivity contribution in [2.24, 2.45) is 0 Å². The zero-order chi connectivity index (χ0) is 22.2. The van der Waals surface area contributed by atoms with E-state index in [1.165, 1.54) is 4.90 Å². The highest BCUT2D eigenvalue weighted by molar-refractivity contribution is 6.21. The first kappa shape index (κ1) is 20.0. The molecule has 0 spiro atoms. The molecule has 0 radical (unpaired) electrons. The normalized spacial score (nSPS) is 15.5. The second kappa shape index (κ2) is 7.96. The molecule has 6 nitrogen and oxygen atoms in total. The summed E-state index contributed by atoms with van der Waals surface area (Å²) in [5.41, 5.74) is 4.42. The fraction of sp³-hybridized carbons (Fsp3) is 0.192. The van der Waals surface area contributed by atoms with Crippen LogP contribution in [-0.2, 0) is 13.1 Å². The van der Waals surface area contributed by atoms with Crippen LogP contribution in [-0.4, -0.2) is 47.7 Å². The highest BCUT2D eigenvalue weighted by atomic mass is 16.2. The second-order valence-corrected chi connectivity index (χ2v) is 8.22. The van der Waals surface area contributed by atoms with Gasteiger partial charge in [-0.25, -0.2) is 0 Å². The van der Waals surface area contributed by atoms with Gasteiger partial charge in [0.1, 0.15) is 0 Å². The highest BCUT2D eigenvalue weighted by Gasteiger charge is 2.35. The van der Waals surface area contributed by atoms with Gasteiger partial charge in [0.05, 0.1) is 17.7 Å². The summed E-state index contributed by atoms with van der Waals surface area (Å²) in [6, 6.07) is 22.2. The van der Waals surface area contributed by atoms with Crippen molar-refractivity contribution in [3.05, 3.63) is 101 Å². The fourth-order valence-electron chi connectivity index (χ4n) is 4.42. The fourth-order valence-corrected chi connectivity index (χ4v) is 4.42. The van der Waals surface area contributed by atoms with Gasteiger partial charge in [0.25, 0.3) is 17.7 Å². The Hall–Kier alpha value is -3.93. The van der Waals surface area contributed by atoms with Gasteiger partial charge in [0, 0.05) is 37.9 Å². The van der Waals surface area contributed by atoms with Gasteiger partial charge in [-0.15, -0.1) is 0 Å². The summed E-state index contributed by atoms with van der Waals surface area (Å²) in [5.74, 6) is -0.650. The molecule has 0 bridgehead atoms. The molecule has 0 unspecified atom stereocenters. The van der Waals surface area contributed by atoms with Gasteiger partial charge in [0.2, 0.25) is 0 Å². The van der Waals surface area contributed by atoms with Crippen LogP contribution in [0, 0.1) is 0 Å². The Morgan fingerprint density at radius 1 is 0.844 bits per heavy atom. The molecule has 0 fully saturated rings. The average Bonchev–Trinajstić information content (AvgIpc) is 2.96. The molecule has 3 aromatic carbocycles. The predicted octanol–water partition coefficient (Wildman–Crippen LogP) is 3.58. The lowest BCUT2D eigenvalue weighted by atomic mass is 10.1. The maximum atomic E-state index is 13.3. The van der Waals surface area contributed by atoms with Crippen molar-refractivity contribution >= 4 is 23.4 Å². The Bertz CT molecular complexity index is 1200. The van der Waals surface area contributed by atoms with E-state index in [0.717, 1.165) is 23.4 Å². The third-order valence-electron chi connectivity index (χ3n) is 6.15. The van der Waals surface area contributed by atoms with E-state index in [1.807, 2.05) is 30.1 Å². The van der Waals surface area contributed by atoms with Crippen LogP contribution in [0.3, 0.4) is 0 Å². The van der Waals surface area contributed by atoms with Crippen LogP contribution in [0.2, 0.25) is 0 Å². The van der Waals surface area contributed by atoms with E-state index >= 15 is 0 Å². The number of para-hydroxylation sites is 1. The summed E-state index contributed by atoms with van der Waals surface area (Å²) in [6.07, 6.45) is 0. The summed E-state index contributed by atoms with van der Waals surface area (Å²) in [5, 5.41) is 0. The number of rotatable bonds is 3. The van der Waals surface area contributed by atoms with Crippen LogP contribution in [0.25, 0.3) is 0 Å². The van der Waals surface area contributed by atoms with Gasteiger partial charge in [-0.3, -0.25) is 19.3 Å². The van der Waals surface area contributed by atoms with Gasteiger partial charge in [-0.05, 0) is 41.5 Å². The molecule has 3 amide bonds. The van der Waals surface area contributed by atoms with Crippen molar-refractivity contribution < 1.29 is 14.4 Å². The van der Waals surface area contributed by atoms with Gasteiger partial charge in [-0.2, -0.15) is 0 Å².